The summed E-state index contributed by atoms with van der Waals surface area (Å²) in [4.78, 5) is 64.3. The maximum Gasteiger partial charge on any atom is 0.338 e. The Balaban J connectivity index is 1.50. The minimum absolute atomic E-state index is 0.0114. The van der Waals surface area contributed by atoms with Crippen molar-refractivity contribution in [1.29, 1.82) is 0 Å². The van der Waals surface area contributed by atoms with Gasteiger partial charge in [-0.3, -0.25) is 28.8 Å². The Hall–Kier alpha value is -4.73. The molecule has 4 rings (SSSR count). The van der Waals surface area contributed by atoms with Gasteiger partial charge in [0.25, 0.3) is 23.3 Å². The van der Waals surface area contributed by atoms with E-state index in [1.807, 2.05) is 6.07 Å². The molecule has 1 aliphatic heterocycles. The highest BCUT2D eigenvalue weighted by Gasteiger charge is 2.35. The zero-order chi connectivity index (χ0) is 26.1. The van der Waals surface area contributed by atoms with E-state index in [-0.39, 0.29) is 28.9 Å². The number of fused-ring (bicyclic) bond motifs is 1. The minimum Gasteiger partial charge on any atom is -0.449 e. The lowest BCUT2D eigenvalue weighted by Crippen LogP contribution is -2.32. The van der Waals surface area contributed by atoms with Gasteiger partial charge in [0.2, 0.25) is 0 Å². The Kier molecular flexibility index (Phi) is 6.43. The number of nitrogens with one attached hydrogen (secondary N) is 1. The molecule has 1 unspecified atom stereocenters. The van der Waals surface area contributed by atoms with Gasteiger partial charge in [-0.15, -0.1) is 6.58 Å². The van der Waals surface area contributed by atoms with Crippen LogP contribution in [0, 0.1) is 6.92 Å². The number of carbonyl (C=O) groups excluding carboxylic acids is 4. The highest BCUT2D eigenvalue weighted by molar-refractivity contribution is 6.22. The maximum absolute atomic E-state index is 13.0. The maximum atomic E-state index is 13.0. The number of ether oxygens (including phenoxy) is 1. The second kappa shape index (κ2) is 9.49. The second-order valence-electron chi connectivity index (χ2n) is 8.24. The third-order valence-electron chi connectivity index (χ3n) is 5.97. The van der Waals surface area contributed by atoms with E-state index in [2.05, 4.69) is 11.9 Å². The van der Waals surface area contributed by atoms with Crippen molar-refractivity contribution < 1.29 is 23.9 Å². The van der Waals surface area contributed by atoms with Gasteiger partial charge in [0.1, 0.15) is 5.69 Å². The van der Waals surface area contributed by atoms with E-state index in [0.29, 0.717) is 11.4 Å². The molecule has 3 amide bonds. The highest BCUT2D eigenvalue weighted by atomic mass is 16.5. The fourth-order valence-electron chi connectivity index (χ4n) is 3.93. The summed E-state index contributed by atoms with van der Waals surface area (Å²) in [5.41, 5.74) is 1.05. The van der Waals surface area contributed by atoms with Crippen LogP contribution in [0.15, 0.2) is 66.0 Å². The summed E-state index contributed by atoms with van der Waals surface area (Å²) in [7, 11) is 1.69. The molecule has 0 spiro atoms. The molecule has 184 valence electrons. The van der Waals surface area contributed by atoms with Gasteiger partial charge in [-0.2, -0.15) is 0 Å². The van der Waals surface area contributed by atoms with E-state index in [1.165, 1.54) is 35.9 Å². The van der Waals surface area contributed by atoms with Crippen LogP contribution in [-0.4, -0.2) is 50.6 Å². The lowest BCUT2D eigenvalue weighted by atomic mass is 10.1. The number of aromatic nitrogens is 2. The predicted molar refractivity (Wildman–Crippen MR) is 131 cm³/mol. The zero-order valence-electron chi connectivity index (χ0n) is 20.0. The number of hydrogen-bond acceptors (Lipinski definition) is 6. The summed E-state index contributed by atoms with van der Waals surface area (Å²) in [5, 5.41) is 2.56. The van der Waals surface area contributed by atoms with Crippen LogP contribution >= 0.6 is 0 Å². The van der Waals surface area contributed by atoms with Gasteiger partial charge in [-0.1, -0.05) is 24.3 Å². The third kappa shape index (κ3) is 4.13. The van der Waals surface area contributed by atoms with Crippen molar-refractivity contribution in [3.05, 3.63) is 93.9 Å². The molecular formula is C26H24N4O6. The molecule has 3 aromatic rings. The molecule has 0 saturated carbocycles. The van der Waals surface area contributed by atoms with E-state index in [9.17, 15) is 24.0 Å². The number of amides is 3. The fraction of sp³-hybridized carbons (Fsp3) is 0.192. The predicted octanol–water partition coefficient (Wildman–Crippen LogP) is 2.45. The van der Waals surface area contributed by atoms with Crippen molar-refractivity contribution in [2.75, 3.05) is 11.9 Å². The van der Waals surface area contributed by atoms with Gasteiger partial charge in [0, 0.05) is 13.6 Å². The average Bonchev–Trinajstić information content (AvgIpc) is 3.23. The van der Waals surface area contributed by atoms with Crippen molar-refractivity contribution in [3.63, 3.8) is 0 Å². The molecule has 0 saturated heterocycles. The average molecular weight is 489 g/mol. The van der Waals surface area contributed by atoms with Crippen molar-refractivity contribution in [2.45, 2.75) is 20.0 Å². The van der Waals surface area contributed by atoms with E-state index in [1.54, 1.807) is 42.9 Å². The van der Waals surface area contributed by atoms with Crippen LogP contribution in [0.1, 0.15) is 43.7 Å². The molecule has 1 N–H and O–H groups in total. The van der Waals surface area contributed by atoms with Crippen LogP contribution < -0.4 is 10.9 Å². The molecule has 0 radical (unpaired) electrons. The number of esters is 1. The SMILES string of the molecule is C=CCN1C(=O)c2ccc(C(=O)OC(C)C(=O)Nc3c(C)n(C)n(-c4ccccc4)c3=O)cc2C1=O. The second-order valence-corrected chi connectivity index (χ2v) is 8.24. The van der Waals surface area contributed by atoms with Crippen LogP contribution in [0.3, 0.4) is 0 Å². The van der Waals surface area contributed by atoms with Gasteiger partial charge >= 0.3 is 5.97 Å². The molecule has 1 aliphatic rings. The summed E-state index contributed by atoms with van der Waals surface area (Å²) in [6.45, 7) is 6.64. The Bertz CT molecular complexity index is 1470. The number of benzene rings is 2. The first-order chi connectivity index (χ1) is 17.1. The van der Waals surface area contributed by atoms with Gasteiger partial charge in [-0.05, 0) is 44.2 Å². The number of anilines is 1. The molecule has 10 heteroatoms. The monoisotopic (exact) mass is 488 g/mol. The number of hydrogen-bond donors (Lipinski definition) is 1. The number of nitrogens with zero attached hydrogens (tertiary/aromatic N) is 3. The van der Waals surface area contributed by atoms with E-state index < -0.39 is 35.4 Å². The Morgan fingerprint density at radius 1 is 1.06 bits per heavy atom. The lowest BCUT2D eigenvalue weighted by molar-refractivity contribution is -0.123. The summed E-state index contributed by atoms with van der Waals surface area (Å²) >= 11 is 0. The smallest absolute Gasteiger partial charge is 0.338 e. The molecule has 2 heterocycles. The Morgan fingerprint density at radius 2 is 1.72 bits per heavy atom. The number of carbonyl (C=O) groups is 4. The molecule has 0 fully saturated rings. The molecule has 1 aromatic heterocycles. The molecule has 36 heavy (non-hydrogen) atoms. The van der Waals surface area contributed by atoms with Crippen LogP contribution in [0.4, 0.5) is 5.69 Å². The van der Waals surface area contributed by atoms with Gasteiger partial charge < -0.3 is 10.1 Å². The molecule has 1 atom stereocenters. The highest BCUT2D eigenvalue weighted by Crippen LogP contribution is 2.24. The summed E-state index contributed by atoms with van der Waals surface area (Å²) in [6.07, 6.45) is 0.185. The number of para-hydroxylation sites is 1. The van der Waals surface area contributed by atoms with E-state index in [0.717, 1.165) is 4.90 Å². The fourth-order valence-corrected chi connectivity index (χ4v) is 3.93. The quantitative estimate of drug-likeness (QED) is 0.310. The first-order valence-corrected chi connectivity index (χ1v) is 11.1. The third-order valence-corrected chi connectivity index (χ3v) is 5.97. The first kappa shape index (κ1) is 24.4. The van der Waals surface area contributed by atoms with Crippen LogP contribution in [0.2, 0.25) is 0 Å². The summed E-state index contributed by atoms with van der Waals surface area (Å²) in [6, 6.07) is 12.9. The normalized spacial score (nSPS) is 13.4. The standard InChI is InChI=1S/C26H24N4O6/c1-5-13-29-23(32)19-12-11-17(14-20(19)24(29)33)26(35)36-16(3)22(31)27-21-15(2)28(4)30(25(21)34)18-9-7-6-8-10-18/h5-12,14,16H,1,13H2,2-4H3,(H,27,31). The van der Waals surface area contributed by atoms with Crippen molar-refractivity contribution in [3.8, 4) is 5.69 Å². The van der Waals surface area contributed by atoms with Gasteiger partial charge in [0.05, 0.1) is 28.1 Å². The van der Waals surface area contributed by atoms with Crippen LogP contribution in [-0.2, 0) is 16.6 Å². The van der Waals surface area contributed by atoms with Gasteiger partial charge in [0.15, 0.2) is 6.10 Å². The van der Waals surface area contributed by atoms with Crippen LogP contribution in [0.25, 0.3) is 5.69 Å². The van der Waals surface area contributed by atoms with Crippen LogP contribution in [0.5, 0.6) is 0 Å². The topological polar surface area (TPSA) is 120 Å². The Morgan fingerprint density at radius 3 is 2.39 bits per heavy atom. The molecule has 0 aliphatic carbocycles. The molecule has 10 nitrogen and oxygen atoms in total. The van der Waals surface area contributed by atoms with Crippen molar-refractivity contribution in [1.82, 2.24) is 14.3 Å². The minimum atomic E-state index is -1.25. The molecular weight excluding hydrogens is 464 g/mol. The summed E-state index contributed by atoms with van der Waals surface area (Å²) < 4.78 is 8.31. The lowest BCUT2D eigenvalue weighted by Gasteiger charge is -2.13. The van der Waals surface area contributed by atoms with E-state index >= 15 is 0 Å². The van der Waals surface area contributed by atoms with Crippen molar-refractivity contribution >= 4 is 29.4 Å². The Labute approximate surface area is 206 Å². The molecule has 0 bridgehead atoms. The number of imide groups is 1. The molecule has 2 aromatic carbocycles. The van der Waals surface area contributed by atoms with Crippen molar-refractivity contribution in [2.24, 2.45) is 7.05 Å². The van der Waals surface area contributed by atoms with Gasteiger partial charge in [-0.25, -0.2) is 9.48 Å². The summed E-state index contributed by atoms with van der Waals surface area (Å²) in [5.74, 6) is -2.56. The largest absolute Gasteiger partial charge is 0.449 e. The number of rotatable bonds is 7. The van der Waals surface area contributed by atoms with E-state index in [4.69, 9.17) is 4.74 Å². The first-order valence-electron chi connectivity index (χ1n) is 11.1. The zero-order valence-corrected chi connectivity index (χ0v) is 20.0.